The van der Waals surface area contributed by atoms with Crippen LogP contribution in [0.2, 0.25) is 0 Å². The summed E-state index contributed by atoms with van der Waals surface area (Å²) in [6, 6.07) is 23.4. The summed E-state index contributed by atoms with van der Waals surface area (Å²) in [5.74, 6) is 0. The van der Waals surface area contributed by atoms with Gasteiger partial charge in [-0.1, -0.05) is 36.4 Å². The molecule has 1 unspecified atom stereocenters. The van der Waals surface area contributed by atoms with E-state index in [0.717, 1.165) is 18.0 Å². The second kappa shape index (κ2) is 6.19. The van der Waals surface area contributed by atoms with E-state index >= 15 is 0 Å². The maximum Gasteiger partial charge on any atom is 0.311 e. The minimum Gasteiger partial charge on any atom is -0.202 e. The van der Waals surface area contributed by atoms with Crippen LogP contribution >= 0.6 is 0 Å². The minimum atomic E-state index is 0.710. The Kier molecular flexibility index (Phi) is 3.97. The van der Waals surface area contributed by atoms with Crippen LogP contribution in [-0.2, 0) is 0 Å². The Labute approximate surface area is 155 Å². The molecule has 3 nitrogen and oxygen atoms in total. The van der Waals surface area contributed by atoms with Gasteiger partial charge in [-0.05, 0) is 54.8 Å². The Morgan fingerprint density at radius 3 is 2.12 bits per heavy atom. The lowest BCUT2D eigenvalue weighted by molar-refractivity contribution is -0.527. The van der Waals surface area contributed by atoms with E-state index in [1.807, 2.05) is 6.07 Å². The van der Waals surface area contributed by atoms with E-state index in [-0.39, 0.29) is 0 Å². The average Bonchev–Trinajstić information content (AvgIpc) is 2.67. The Morgan fingerprint density at radius 2 is 1.46 bits per heavy atom. The summed E-state index contributed by atoms with van der Waals surface area (Å²) in [7, 11) is 2.29. The Morgan fingerprint density at radius 1 is 0.846 bits per heavy atom. The van der Waals surface area contributed by atoms with Crippen LogP contribution in [0.4, 0.5) is 22.7 Å². The fourth-order valence-electron chi connectivity index (χ4n) is 3.95. The fraction of sp³-hybridized carbons (Fsp3) is 0.217. The van der Waals surface area contributed by atoms with Crippen molar-refractivity contribution in [2.45, 2.75) is 20.8 Å². The molecule has 0 saturated carbocycles. The molecule has 0 N–H and O–H groups in total. The van der Waals surface area contributed by atoms with Crippen LogP contribution in [0.15, 0.2) is 71.8 Å². The molecule has 0 radical (unpaired) electrons. The topological polar surface area (TPSA) is 15.4 Å². The lowest BCUT2D eigenvalue weighted by atomic mass is 9.98. The molecule has 1 atom stereocenters. The monoisotopic (exact) mass is 343 g/mol. The van der Waals surface area contributed by atoms with Gasteiger partial charge < -0.3 is 0 Å². The number of para-hydroxylation sites is 2. The maximum absolute atomic E-state index is 5.02. The summed E-state index contributed by atoms with van der Waals surface area (Å²) >= 11 is 0. The van der Waals surface area contributed by atoms with Gasteiger partial charge in [-0.2, -0.15) is 0 Å². The highest BCUT2D eigenvalue weighted by atomic mass is 15.5. The zero-order valence-corrected chi connectivity index (χ0v) is 15.9. The molecule has 1 aliphatic rings. The summed E-state index contributed by atoms with van der Waals surface area (Å²) in [6.45, 7) is 7.38. The first-order valence-electron chi connectivity index (χ1n) is 9.07. The zero-order valence-electron chi connectivity index (χ0n) is 15.9. The quantitative estimate of drug-likeness (QED) is 0.384. The van der Waals surface area contributed by atoms with Crippen LogP contribution in [0.1, 0.15) is 16.7 Å². The summed E-state index contributed by atoms with van der Waals surface area (Å²) in [4.78, 5) is 0. The van der Waals surface area contributed by atoms with Crippen molar-refractivity contribution in [2.24, 2.45) is 5.11 Å². The second-order valence-corrected chi connectivity index (χ2v) is 7.31. The third kappa shape index (κ3) is 2.56. The Hall–Kier alpha value is -2.78. The van der Waals surface area contributed by atoms with Crippen molar-refractivity contribution in [3.63, 3.8) is 0 Å². The number of quaternary nitrogens is 1. The molecule has 0 spiro atoms. The first-order valence-corrected chi connectivity index (χ1v) is 9.07. The van der Waals surface area contributed by atoms with Crippen LogP contribution in [0, 0.1) is 20.8 Å². The molecule has 130 valence electrons. The minimum absolute atomic E-state index is 0.710. The van der Waals surface area contributed by atoms with Crippen molar-refractivity contribution in [2.75, 3.05) is 13.7 Å². The number of rotatable bonds is 2. The number of nitrogens with zero attached hydrogens (tertiary/aromatic N) is 3. The fourth-order valence-corrected chi connectivity index (χ4v) is 3.95. The van der Waals surface area contributed by atoms with Crippen LogP contribution in [0.3, 0.4) is 0 Å². The van der Waals surface area contributed by atoms with Crippen molar-refractivity contribution in [3.8, 4) is 0 Å². The van der Waals surface area contributed by atoms with Gasteiger partial charge in [0.15, 0.2) is 11.4 Å². The normalized spacial score (nSPS) is 19.0. The molecule has 0 amide bonds. The summed E-state index contributed by atoms with van der Waals surface area (Å²) in [5, 5.41) is 5.02. The van der Waals surface area contributed by atoms with Gasteiger partial charge in [-0.25, -0.2) is 4.48 Å². The highest BCUT2D eigenvalue weighted by molar-refractivity contribution is 5.76. The third-order valence-electron chi connectivity index (χ3n) is 5.62. The van der Waals surface area contributed by atoms with Crippen molar-refractivity contribution in [3.05, 3.63) is 83.4 Å². The van der Waals surface area contributed by atoms with Gasteiger partial charge in [0, 0.05) is 22.8 Å². The standard InChI is InChI=1S/C23H25N3/c1-17-15-22-23(19(3)18(17)2)26(4,21-13-9-6-10-14-21)16-25(24-22)20-11-7-5-8-12-20/h5-15H,16H2,1-4H3/q+2. The first-order chi connectivity index (χ1) is 12.5. The van der Waals surface area contributed by atoms with Crippen molar-refractivity contribution >= 4 is 22.7 Å². The van der Waals surface area contributed by atoms with E-state index in [0.29, 0.717) is 4.48 Å². The van der Waals surface area contributed by atoms with Crippen LogP contribution in [0.25, 0.3) is 0 Å². The van der Waals surface area contributed by atoms with Gasteiger partial charge in [-0.15, -0.1) is 0 Å². The lowest BCUT2D eigenvalue weighted by Gasteiger charge is -2.34. The van der Waals surface area contributed by atoms with Gasteiger partial charge >= 0.3 is 6.67 Å². The predicted octanol–water partition coefficient (Wildman–Crippen LogP) is 6.28. The summed E-state index contributed by atoms with van der Waals surface area (Å²) < 4.78 is 2.84. The van der Waals surface area contributed by atoms with E-state index < -0.39 is 0 Å². The molecule has 3 aromatic rings. The van der Waals surface area contributed by atoms with Gasteiger partial charge in [-0.3, -0.25) is 0 Å². The largest absolute Gasteiger partial charge is 0.311 e. The number of hydrogen-bond acceptors (Lipinski definition) is 1. The molecule has 3 aromatic carbocycles. The summed E-state index contributed by atoms with van der Waals surface area (Å²) in [6.07, 6.45) is 0. The lowest BCUT2D eigenvalue weighted by Crippen LogP contribution is -2.46. The smallest absolute Gasteiger partial charge is 0.202 e. The van der Waals surface area contributed by atoms with Crippen molar-refractivity contribution < 1.29 is 4.70 Å². The maximum atomic E-state index is 5.02. The van der Waals surface area contributed by atoms with E-state index in [1.165, 1.54) is 28.1 Å². The molecule has 0 aromatic heterocycles. The molecule has 0 saturated heterocycles. The Balaban J connectivity index is 2.01. The third-order valence-corrected chi connectivity index (χ3v) is 5.62. The molecule has 3 heteroatoms. The van der Waals surface area contributed by atoms with Gasteiger partial charge in [0.1, 0.15) is 5.69 Å². The highest BCUT2D eigenvalue weighted by Gasteiger charge is 2.43. The number of aryl methyl sites for hydroxylation is 1. The van der Waals surface area contributed by atoms with Crippen LogP contribution < -0.4 is 4.48 Å². The van der Waals surface area contributed by atoms with Crippen molar-refractivity contribution in [1.82, 2.24) is 4.48 Å². The van der Waals surface area contributed by atoms with E-state index in [4.69, 9.17) is 5.11 Å². The van der Waals surface area contributed by atoms with Gasteiger partial charge in [0.05, 0.1) is 7.05 Å². The molecular formula is C23H25N3+2. The van der Waals surface area contributed by atoms with Crippen molar-refractivity contribution in [1.29, 1.82) is 0 Å². The number of fused-ring (bicyclic) bond motifs is 1. The van der Waals surface area contributed by atoms with Gasteiger partial charge in [0.2, 0.25) is 5.69 Å². The predicted molar refractivity (Wildman–Crippen MR) is 108 cm³/mol. The van der Waals surface area contributed by atoms with Crippen LogP contribution in [-0.4, -0.2) is 18.4 Å². The average molecular weight is 343 g/mol. The number of benzene rings is 3. The van der Waals surface area contributed by atoms with E-state index in [1.54, 1.807) is 0 Å². The van der Waals surface area contributed by atoms with E-state index in [2.05, 4.69) is 93.2 Å². The molecular weight excluding hydrogens is 318 g/mol. The summed E-state index contributed by atoms with van der Waals surface area (Å²) in [5.41, 5.74) is 8.73. The highest BCUT2D eigenvalue weighted by Crippen LogP contribution is 2.47. The molecule has 1 aliphatic heterocycles. The molecule has 0 aliphatic carbocycles. The van der Waals surface area contributed by atoms with Crippen LogP contribution in [0.5, 0.6) is 0 Å². The second-order valence-electron chi connectivity index (χ2n) is 7.31. The van der Waals surface area contributed by atoms with E-state index in [9.17, 15) is 0 Å². The molecule has 1 heterocycles. The molecule has 4 rings (SSSR count). The number of azo groups is 2. The zero-order chi connectivity index (χ0) is 18.3. The molecule has 0 fully saturated rings. The Bertz CT molecular complexity index is 991. The van der Waals surface area contributed by atoms with Gasteiger partial charge in [0.25, 0.3) is 0 Å². The molecule has 26 heavy (non-hydrogen) atoms. The number of hydrogen-bond donors (Lipinski definition) is 0. The SMILES string of the molecule is Cc1cc2c(c(C)c1C)[N+](C)(c1ccccc1)C[N+](c1ccccc1)=N2. The molecule has 0 bridgehead atoms. The first kappa shape index (κ1) is 16.7.